The second-order valence-electron chi connectivity index (χ2n) is 2.81. The normalized spacial score (nSPS) is 21.8. The van der Waals surface area contributed by atoms with Gasteiger partial charge in [-0.1, -0.05) is 11.6 Å². The molecule has 0 radical (unpaired) electrons. The molecule has 0 spiro atoms. The van der Waals surface area contributed by atoms with E-state index in [9.17, 15) is 0 Å². The topological polar surface area (TPSA) is 20.2 Å². The lowest BCUT2D eigenvalue weighted by molar-refractivity contribution is 0.194. The van der Waals surface area contributed by atoms with Crippen molar-refractivity contribution in [2.75, 3.05) is 0 Å². The van der Waals surface area contributed by atoms with Crippen molar-refractivity contribution in [3.05, 3.63) is 11.6 Å². The van der Waals surface area contributed by atoms with Gasteiger partial charge in [-0.05, 0) is 32.6 Å². The quantitative estimate of drug-likeness (QED) is 0.560. The lowest BCUT2D eigenvalue weighted by Crippen LogP contribution is -1.99. The molecule has 0 amide bonds. The molecular formula is C8H14O. The van der Waals surface area contributed by atoms with Gasteiger partial charge in [0.25, 0.3) is 0 Å². The van der Waals surface area contributed by atoms with Crippen molar-refractivity contribution in [3.8, 4) is 0 Å². The molecule has 1 heteroatoms. The van der Waals surface area contributed by atoms with E-state index in [-0.39, 0.29) is 6.10 Å². The fraction of sp³-hybridized carbons (Fsp3) is 0.750. The van der Waals surface area contributed by atoms with Gasteiger partial charge in [-0.15, -0.1) is 0 Å². The Morgan fingerprint density at radius 2 is 2.56 bits per heavy atom. The van der Waals surface area contributed by atoms with E-state index in [1.165, 1.54) is 24.8 Å². The van der Waals surface area contributed by atoms with Gasteiger partial charge in [-0.25, -0.2) is 0 Å². The molecule has 0 aromatic rings. The summed E-state index contributed by atoms with van der Waals surface area (Å²) in [6.07, 6.45) is 6.73. The van der Waals surface area contributed by atoms with Crippen LogP contribution in [0.2, 0.25) is 0 Å². The highest BCUT2D eigenvalue weighted by Crippen LogP contribution is 2.21. The van der Waals surface area contributed by atoms with Crippen LogP contribution < -0.4 is 0 Å². The summed E-state index contributed by atoms with van der Waals surface area (Å²) in [5.41, 5.74) is 1.45. The molecule has 1 nitrogen and oxygen atoms in total. The van der Waals surface area contributed by atoms with Crippen molar-refractivity contribution in [1.82, 2.24) is 0 Å². The lowest BCUT2D eigenvalue weighted by Gasteiger charge is -2.02. The minimum atomic E-state index is -0.144. The van der Waals surface area contributed by atoms with Crippen LogP contribution >= 0.6 is 0 Å². The Labute approximate surface area is 56.4 Å². The van der Waals surface area contributed by atoms with E-state index in [2.05, 4.69) is 6.08 Å². The molecule has 1 rings (SSSR count). The zero-order valence-electron chi connectivity index (χ0n) is 5.93. The Morgan fingerprint density at radius 3 is 3.00 bits per heavy atom. The highest BCUT2D eigenvalue weighted by atomic mass is 16.3. The van der Waals surface area contributed by atoms with Crippen LogP contribution in [0.25, 0.3) is 0 Å². The monoisotopic (exact) mass is 126 g/mol. The van der Waals surface area contributed by atoms with Gasteiger partial charge in [0.05, 0.1) is 6.10 Å². The zero-order chi connectivity index (χ0) is 6.69. The third-order valence-electron chi connectivity index (χ3n) is 1.69. The molecule has 0 aromatic heterocycles. The van der Waals surface area contributed by atoms with Gasteiger partial charge in [0.1, 0.15) is 0 Å². The summed E-state index contributed by atoms with van der Waals surface area (Å²) < 4.78 is 0. The van der Waals surface area contributed by atoms with Crippen LogP contribution in [-0.2, 0) is 0 Å². The number of hydrogen-bond donors (Lipinski definition) is 1. The van der Waals surface area contributed by atoms with Crippen LogP contribution in [0, 0.1) is 0 Å². The van der Waals surface area contributed by atoms with Crippen molar-refractivity contribution in [2.24, 2.45) is 0 Å². The predicted molar refractivity (Wildman–Crippen MR) is 38.2 cm³/mol. The number of hydrogen-bond acceptors (Lipinski definition) is 1. The van der Waals surface area contributed by atoms with E-state index in [1.807, 2.05) is 6.92 Å². The molecule has 0 fully saturated rings. The summed E-state index contributed by atoms with van der Waals surface area (Å²) in [5, 5.41) is 8.97. The molecule has 1 N–H and O–H groups in total. The van der Waals surface area contributed by atoms with Crippen LogP contribution in [0.15, 0.2) is 11.6 Å². The summed E-state index contributed by atoms with van der Waals surface area (Å²) in [4.78, 5) is 0. The van der Waals surface area contributed by atoms with E-state index >= 15 is 0 Å². The summed E-state index contributed by atoms with van der Waals surface area (Å²) in [6, 6.07) is 0. The summed E-state index contributed by atoms with van der Waals surface area (Å²) in [6.45, 7) is 1.85. The molecule has 0 bridgehead atoms. The Balaban J connectivity index is 2.26. The number of allylic oxidation sites excluding steroid dienone is 1. The molecule has 1 aliphatic rings. The van der Waals surface area contributed by atoms with E-state index in [4.69, 9.17) is 5.11 Å². The first kappa shape index (κ1) is 6.81. The van der Waals surface area contributed by atoms with Gasteiger partial charge in [-0.3, -0.25) is 0 Å². The number of aliphatic hydroxyl groups excluding tert-OH is 1. The van der Waals surface area contributed by atoms with Crippen molar-refractivity contribution in [3.63, 3.8) is 0 Å². The SMILES string of the molecule is C[C@@H](O)CC1=CCCC1. The summed E-state index contributed by atoms with van der Waals surface area (Å²) >= 11 is 0. The molecule has 0 aromatic carbocycles. The fourth-order valence-electron chi connectivity index (χ4n) is 1.30. The summed E-state index contributed by atoms with van der Waals surface area (Å²) in [5.74, 6) is 0. The molecule has 0 unspecified atom stereocenters. The third-order valence-corrected chi connectivity index (χ3v) is 1.69. The molecule has 1 atom stereocenters. The van der Waals surface area contributed by atoms with Crippen LogP contribution in [0.4, 0.5) is 0 Å². The first-order valence-corrected chi connectivity index (χ1v) is 3.65. The maximum absolute atomic E-state index is 8.97. The first-order chi connectivity index (χ1) is 4.29. The third kappa shape index (κ3) is 2.19. The molecule has 9 heavy (non-hydrogen) atoms. The highest BCUT2D eigenvalue weighted by molar-refractivity contribution is 5.07. The number of rotatable bonds is 2. The Morgan fingerprint density at radius 1 is 1.78 bits per heavy atom. The maximum Gasteiger partial charge on any atom is 0.0549 e. The van der Waals surface area contributed by atoms with Crippen LogP contribution in [0.5, 0.6) is 0 Å². The van der Waals surface area contributed by atoms with Gasteiger partial charge in [0.2, 0.25) is 0 Å². The fourth-order valence-corrected chi connectivity index (χ4v) is 1.30. The molecule has 0 heterocycles. The maximum atomic E-state index is 8.97. The smallest absolute Gasteiger partial charge is 0.0549 e. The highest BCUT2D eigenvalue weighted by Gasteiger charge is 2.05. The largest absolute Gasteiger partial charge is 0.393 e. The van der Waals surface area contributed by atoms with Crippen LogP contribution in [0.3, 0.4) is 0 Å². The van der Waals surface area contributed by atoms with Gasteiger partial charge in [0, 0.05) is 0 Å². The van der Waals surface area contributed by atoms with Crippen molar-refractivity contribution in [2.45, 2.75) is 38.7 Å². The Kier molecular flexibility index (Phi) is 2.29. The van der Waals surface area contributed by atoms with Gasteiger partial charge < -0.3 is 5.11 Å². The molecule has 0 saturated carbocycles. The summed E-state index contributed by atoms with van der Waals surface area (Å²) in [7, 11) is 0. The molecule has 0 saturated heterocycles. The standard InChI is InChI=1S/C8H14O/c1-7(9)6-8-4-2-3-5-8/h4,7,9H,2-3,5-6H2,1H3/t7-/m1/s1. The molecule has 0 aliphatic heterocycles. The zero-order valence-corrected chi connectivity index (χ0v) is 5.93. The van der Waals surface area contributed by atoms with Gasteiger partial charge in [0.15, 0.2) is 0 Å². The lowest BCUT2D eigenvalue weighted by atomic mass is 10.1. The average molecular weight is 126 g/mol. The van der Waals surface area contributed by atoms with Gasteiger partial charge >= 0.3 is 0 Å². The Hall–Kier alpha value is -0.300. The van der Waals surface area contributed by atoms with Gasteiger partial charge in [-0.2, -0.15) is 0 Å². The van der Waals surface area contributed by atoms with E-state index < -0.39 is 0 Å². The molecule has 1 aliphatic carbocycles. The predicted octanol–water partition coefficient (Wildman–Crippen LogP) is 1.87. The van der Waals surface area contributed by atoms with Crippen molar-refractivity contribution < 1.29 is 5.11 Å². The Bertz CT molecular complexity index is 114. The average Bonchev–Trinajstić information content (AvgIpc) is 2.15. The van der Waals surface area contributed by atoms with Crippen LogP contribution in [-0.4, -0.2) is 11.2 Å². The van der Waals surface area contributed by atoms with Crippen LogP contribution in [0.1, 0.15) is 32.6 Å². The minimum Gasteiger partial charge on any atom is -0.393 e. The second kappa shape index (κ2) is 3.02. The van der Waals surface area contributed by atoms with E-state index in [0.29, 0.717) is 0 Å². The van der Waals surface area contributed by atoms with Crippen molar-refractivity contribution in [1.29, 1.82) is 0 Å². The molecular weight excluding hydrogens is 112 g/mol. The molecule has 52 valence electrons. The minimum absolute atomic E-state index is 0.144. The first-order valence-electron chi connectivity index (χ1n) is 3.65. The van der Waals surface area contributed by atoms with E-state index in [1.54, 1.807) is 0 Å². The second-order valence-corrected chi connectivity index (χ2v) is 2.81. The van der Waals surface area contributed by atoms with E-state index in [0.717, 1.165) is 6.42 Å². The number of aliphatic hydroxyl groups is 1. The van der Waals surface area contributed by atoms with Crippen molar-refractivity contribution >= 4 is 0 Å².